The Kier molecular flexibility index (Phi) is 8.83. The van der Waals surface area contributed by atoms with Crippen molar-refractivity contribution in [2.45, 2.75) is 19.4 Å². The van der Waals surface area contributed by atoms with Gasteiger partial charge in [-0.2, -0.15) is 0 Å². The predicted molar refractivity (Wildman–Crippen MR) is 120 cm³/mol. The highest BCUT2D eigenvalue weighted by atomic mass is 127. The molecule has 6 heteroatoms. The molecule has 0 aliphatic rings. The van der Waals surface area contributed by atoms with Crippen molar-refractivity contribution in [2.75, 3.05) is 13.6 Å². The zero-order valence-electron chi connectivity index (χ0n) is 15.4. The zero-order valence-corrected chi connectivity index (χ0v) is 17.7. The molecule has 0 aliphatic heterocycles. The molecule has 0 atom stereocenters. The Hall–Kier alpha value is -2.35. The number of benzene rings is 2. The van der Waals surface area contributed by atoms with Crippen LogP contribution in [0.5, 0.6) is 0 Å². The van der Waals surface area contributed by atoms with Crippen molar-refractivity contribution in [2.24, 2.45) is 4.99 Å². The maximum absolute atomic E-state index is 5.55. The summed E-state index contributed by atoms with van der Waals surface area (Å²) < 4.78 is 5.55. The van der Waals surface area contributed by atoms with E-state index in [4.69, 9.17) is 4.42 Å². The lowest BCUT2D eigenvalue weighted by molar-refractivity contribution is 0.572. The van der Waals surface area contributed by atoms with Gasteiger partial charge in [-0.15, -0.1) is 24.0 Å². The van der Waals surface area contributed by atoms with Crippen LogP contribution in [0.25, 0.3) is 11.5 Å². The highest BCUT2D eigenvalue weighted by Gasteiger charge is 2.06. The quantitative estimate of drug-likeness (QED) is 0.232. The van der Waals surface area contributed by atoms with Crippen LogP contribution in [0.3, 0.4) is 0 Å². The summed E-state index contributed by atoms with van der Waals surface area (Å²) in [5.74, 6) is 1.40. The minimum Gasteiger partial charge on any atom is -0.444 e. The molecule has 27 heavy (non-hydrogen) atoms. The number of aliphatic imine (C=N–C) groups is 1. The molecule has 142 valence electrons. The van der Waals surface area contributed by atoms with Crippen LogP contribution in [0.15, 0.2) is 76.3 Å². The van der Waals surface area contributed by atoms with Crippen molar-refractivity contribution in [3.8, 4) is 11.5 Å². The first-order chi connectivity index (χ1) is 12.8. The Labute approximate surface area is 177 Å². The Balaban J connectivity index is 0.00000261. The number of nitrogens with zero attached hydrogens (tertiary/aromatic N) is 2. The van der Waals surface area contributed by atoms with Gasteiger partial charge in [0.05, 0.1) is 12.2 Å². The zero-order chi connectivity index (χ0) is 18.0. The number of aromatic nitrogens is 1. The Bertz CT molecular complexity index is 818. The fourth-order valence-electron chi connectivity index (χ4n) is 2.64. The molecule has 0 spiro atoms. The summed E-state index contributed by atoms with van der Waals surface area (Å²) in [5, 5.41) is 6.59. The van der Waals surface area contributed by atoms with Crippen LogP contribution in [0.2, 0.25) is 0 Å². The van der Waals surface area contributed by atoms with E-state index in [1.54, 1.807) is 13.3 Å². The summed E-state index contributed by atoms with van der Waals surface area (Å²) in [5.41, 5.74) is 3.17. The maximum Gasteiger partial charge on any atom is 0.226 e. The van der Waals surface area contributed by atoms with Gasteiger partial charge < -0.3 is 15.1 Å². The average molecular weight is 476 g/mol. The second-order valence-corrected chi connectivity index (χ2v) is 5.95. The first kappa shape index (κ1) is 21.0. The molecule has 0 radical (unpaired) electrons. The summed E-state index contributed by atoms with van der Waals surface area (Å²) >= 11 is 0. The van der Waals surface area contributed by atoms with Gasteiger partial charge in [0.2, 0.25) is 5.89 Å². The van der Waals surface area contributed by atoms with E-state index in [0.29, 0.717) is 12.4 Å². The molecule has 0 saturated carbocycles. The number of rotatable bonds is 7. The molecule has 2 N–H and O–H groups in total. The number of oxazole rings is 1. The van der Waals surface area contributed by atoms with E-state index in [1.807, 2.05) is 36.4 Å². The fraction of sp³-hybridized carbons (Fsp3) is 0.238. The van der Waals surface area contributed by atoms with Gasteiger partial charge in [-0.3, -0.25) is 4.99 Å². The monoisotopic (exact) mass is 476 g/mol. The molecule has 0 unspecified atom stereocenters. The second-order valence-electron chi connectivity index (χ2n) is 5.95. The van der Waals surface area contributed by atoms with Crippen molar-refractivity contribution >= 4 is 29.9 Å². The third kappa shape index (κ3) is 6.71. The summed E-state index contributed by atoms with van der Waals surface area (Å²) in [6.07, 6.45) is 3.78. The number of halogens is 1. The fourth-order valence-corrected chi connectivity index (χ4v) is 2.64. The van der Waals surface area contributed by atoms with Crippen LogP contribution >= 0.6 is 24.0 Å². The van der Waals surface area contributed by atoms with Crippen LogP contribution in [-0.4, -0.2) is 24.5 Å². The standard InChI is InChI=1S/C21H24N4O.HI/c1-22-21(23-14-8-11-17-9-4-2-5-10-17)24-15-19-16-26-20(25-19)18-12-6-3-7-13-18;/h2-7,9-10,12-13,16H,8,11,14-15H2,1H3,(H2,22,23,24);1H. The average Bonchev–Trinajstić information content (AvgIpc) is 3.18. The lowest BCUT2D eigenvalue weighted by atomic mass is 10.1. The number of hydrogen-bond donors (Lipinski definition) is 2. The third-order valence-corrected chi connectivity index (χ3v) is 4.01. The van der Waals surface area contributed by atoms with Crippen LogP contribution in [0.4, 0.5) is 0 Å². The number of nitrogens with one attached hydrogen (secondary N) is 2. The SMILES string of the molecule is CN=C(NCCCc1ccccc1)NCc1coc(-c2ccccc2)n1.I. The lowest BCUT2D eigenvalue weighted by Gasteiger charge is -2.10. The van der Waals surface area contributed by atoms with Gasteiger partial charge in [-0.1, -0.05) is 48.5 Å². The molecule has 0 fully saturated rings. The van der Waals surface area contributed by atoms with Crippen LogP contribution in [0, 0.1) is 0 Å². The summed E-state index contributed by atoms with van der Waals surface area (Å²) in [7, 11) is 1.77. The summed E-state index contributed by atoms with van der Waals surface area (Å²) in [6, 6.07) is 20.4. The highest BCUT2D eigenvalue weighted by Crippen LogP contribution is 2.17. The Morgan fingerprint density at radius 1 is 1.00 bits per heavy atom. The molecule has 1 aromatic heterocycles. The Morgan fingerprint density at radius 2 is 1.70 bits per heavy atom. The third-order valence-electron chi connectivity index (χ3n) is 4.01. The summed E-state index contributed by atoms with van der Waals surface area (Å²) in [6.45, 7) is 1.43. The molecule has 0 amide bonds. The van der Waals surface area contributed by atoms with Crippen molar-refractivity contribution in [1.29, 1.82) is 0 Å². The highest BCUT2D eigenvalue weighted by molar-refractivity contribution is 14.0. The second kappa shape index (κ2) is 11.4. The normalized spacial score (nSPS) is 10.9. The first-order valence-corrected chi connectivity index (χ1v) is 8.83. The van der Waals surface area contributed by atoms with Gasteiger partial charge in [0.15, 0.2) is 5.96 Å². The molecule has 3 aromatic rings. The molecule has 0 bridgehead atoms. The topological polar surface area (TPSA) is 62.5 Å². The molecule has 2 aromatic carbocycles. The van der Waals surface area contributed by atoms with E-state index in [0.717, 1.165) is 36.6 Å². The van der Waals surface area contributed by atoms with Crippen LogP contribution in [-0.2, 0) is 13.0 Å². The van der Waals surface area contributed by atoms with Gasteiger partial charge >= 0.3 is 0 Å². The van der Waals surface area contributed by atoms with E-state index in [2.05, 4.69) is 44.9 Å². The summed E-state index contributed by atoms with van der Waals surface area (Å²) in [4.78, 5) is 8.76. The molecular formula is C21H25IN4O. The van der Waals surface area contributed by atoms with Gasteiger partial charge in [0, 0.05) is 19.2 Å². The molecule has 0 saturated heterocycles. The molecular weight excluding hydrogens is 451 g/mol. The molecule has 5 nitrogen and oxygen atoms in total. The first-order valence-electron chi connectivity index (χ1n) is 8.83. The van der Waals surface area contributed by atoms with E-state index in [9.17, 15) is 0 Å². The van der Waals surface area contributed by atoms with Crippen molar-refractivity contribution in [3.63, 3.8) is 0 Å². The van der Waals surface area contributed by atoms with Crippen molar-refractivity contribution in [3.05, 3.63) is 78.2 Å². The number of aryl methyl sites for hydroxylation is 1. The Morgan fingerprint density at radius 3 is 2.41 bits per heavy atom. The van der Waals surface area contributed by atoms with Crippen LogP contribution in [0.1, 0.15) is 17.7 Å². The molecule has 1 heterocycles. The minimum absolute atomic E-state index is 0. The minimum atomic E-state index is 0. The smallest absolute Gasteiger partial charge is 0.226 e. The van der Waals surface area contributed by atoms with E-state index >= 15 is 0 Å². The molecule has 3 rings (SSSR count). The number of hydrogen-bond acceptors (Lipinski definition) is 3. The lowest BCUT2D eigenvalue weighted by Crippen LogP contribution is -2.37. The van der Waals surface area contributed by atoms with Gasteiger partial charge in [-0.05, 0) is 30.5 Å². The maximum atomic E-state index is 5.55. The van der Waals surface area contributed by atoms with Crippen LogP contribution < -0.4 is 10.6 Å². The van der Waals surface area contributed by atoms with Gasteiger partial charge in [-0.25, -0.2) is 4.98 Å². The largest absolute Gasteiger partial charge is 0.444 e. The van der Waals surface area contributed by atoms with Gasteiger partial charge in [0.1, 0.15) is 6.26 Å². The van der Waals surface area contributed by atoms with E-state index in [1.165, 1.54) is 5.56 Å². The molecule has 0 aliphatic carbocycles. The van der Waals surface area contributed by atoms with Gasteiger partial charge in [0.25, 0.3) is 0 Å². The van der Waals surface area contributed by atoms with Crippen molar-refractivity contribution < 1.29 is 4.42 Å². The predicted octanol–water partition coefficient (Wildman–Crippen LogP) is 4.26. The van der Waals surface area contributed by atoms with Crippen molar-refractivity contribution in [1.82, 2.24) is 15.6 Å². The van der Waals surface area contributed by atoms with E-state index < -0.39 is 0 Å². The van der Waals surface area contributed by atoms with E-state index in [-0.39, 0.29) is 24.0 Å². The number of guanidine groups is 1.